The van der Waals surface area contributed by atoms with Crippen molar-refractivity contribution in [1.29, 1.82) is 0 Å². The normalized spacial score (nSPS) is 10.5. The second-order valence-corrected chi connectivity index (χ2v) is 4.68. The predicted octanol–water partition coefficient (Wildman–Crippen LogP) is 3.08. The molecule has 1 aromatic heterocycles. The average molecular weight is 257 g/mol. The Labute approximate surface area is 113 Å². The first-order chi connectivity index (χ1) is 9.04. The zero-order valence-electron chi connectivity index (χ0n) is 11.8. The fraction of sp³-hybridized carbons (Fsp3) is 0.333. The molecular weight excluding hydrogens is 238 g/mol. The molecule has 0 spiro atoms. The van der Waals surface area contributed by atoms with Crippen molar-refractivity contribution >= 4 is 11.6 Å². The van der Waals surface area contributed by atoms with Crippen LogP contribution >= 0.6 is 0 Å². The van der Waals surface area contributed by atoms with Crippen molar-refractivity contribution in [2.75, 3.05) is 5.32 Å². The molecular formula is C15H19N3O. The van der Waals surface area contributed by atoms with E-state index >= 15 is 0 Å². The first kappa shape index (κ1) is 13.3. The zero-order valence-corrected chi connectivity index (χ0v) is 11.8. The summed E-state index contributed by atoms with van der Waals surface area (Å²) in [5, 5.41) is 7.18. The number of anilines is 1. The molecule has 100 valence electrons. The molecule has 1 aromatic carbocycles. The van der Waals surface area contributed by atoms with Gasteiger partial charge < -0.3 is 5.32 Å². The Balaban J connectivity index is 2.28. The second kappa shape index (κ2) is 5.26. The highest BCUT2D eigenvalue weighted by Crippen LogP contribution is 2.20. The fourth-order valence-corrected chi connectivity index (χ4v) is 2.18. The molecule has 0 saturated heterocycles. The van der Waals surface area contributed by atoms with Crippen molar-refractivity contribution in [3.05, 3.63) is 46.8 Å². The van der Waals surface area contributed by atoms with Crippen LogP contribution in [0.15, 0.2) is 24.4 Å². The molecule has 4 nitrogen and oxygen atoms in total. The molecule has 0 aliphatic carbocycles. The second-order valence-electron chi connectivity index (χ2n) is 4.68. The molecule has 2 aromatic rings. The number of rotatable bonds is 3. The standard InChI is InChI=1S/C15H19N3O/c1-5-18-12(4)13(9-16-18)15(19)17-14-10(2)7-6-8-11(14)3/h6-9H,5H2,1-4H3,(H,17,19). The number of hydrogen-bond donors (Lipinski definition) is 1. The van der Waals surface area contributed by atoms with Gasteiger partial charge in [0.2, 0.25) is 0 Å². The van der Waals surface area contributed by atoms with E-state index < -0.39 is 0 Å². The number of aryl methyl sites for hydroxylation is 3. The van der Waals surface area contributed by atoms with E-state index in [0.29, 0.717) is 5.56 Å². The highest BCUT2D eigenvalue weighted by atomic mass is 16.1. The van der Waals surface area contributed by atoms with Gasteiger partial charge in [0, 0.05) is 17.9 Å². The molecule has 1 N–H and O–H groups in total. The molecule has 1 heterocycles. The maximum Gasteiger partial charge on any atom is 0.259 e. The van der Waals surface area contributed by atoms with Crippen molar-refractivity contribution < 1.29 is 4.79 Å². The first-order valence-electron chi connectivity index (χ1n) is 6.44. The summed E-state index contributed by atoms with van der Waals surface area (Å²) in [7, 11) is 0. The maximum atomic E-state index is 12.3. The number of aromatic nitrogens is 2. The molecule has 4 heteroatoms. The predicted molar refractivity (Wildman–Crippen MR) is 76.5 cm³/mol. The van der Waals surface area contributed by atoms with Gasteiger partial charge in [-0.15, -0.1) is 0 Å². The number of benzene rings is 1. The molecule has 0 aliphatic heterocycles. The lowest BCUT2D eigenvalue weighted by molar-refractivity contribution is 0.102. The van der Waals surface area contributed by atoms with E-state index in [2.05, 4.69) is 10.4 Å². The number of carbonyl (C=O) groups excluding carboxylic acids is 1. The fourth-order valence-electron chi connectivity index (χ4n) is 2.18. The highest BCUT2D eigenvalue weighted by molar-refractivity contribution is 6.05. The maximum absolute atomic E-state index is 12.3. The van der Waals surface area contributed by atoms with Crippen molar-refractivity contribution in [2.24, 2.45) is 0 Å². The summed E-state index contributed by atoms with van der Waals surface area (Å²) in [6.07, 6.45) is 1.63. The summed E-state index contributed by atoms with van der Waals surface area (Å²) < 4.78 is 1.82. The first-order valence-corrected chi connectivity index (χ1v) is 6.44. The third-order valence-electron chi connectivity index (χ3n) is 3.37. The van der Waals surface area contributed by atoms with Crippen LogP contribution < -0.4 is 5.32 Å². The van der Waals surface area contributed by atoms with Crippen LogP contribution in [0, 0.1) is 20.8 Å². The summed E-state index contributed by atoms with van der Waals surface area (Å²) >= 11 is 0. The SMILES string of the molecule is CCn1ncc(C(=O)Nc2c(C)cccc2C)c1C. The third-order valence-corrected chi connectivity index (χ3v) is 3.37. The summed E-state index contributed by atoms with van der Waals surface area (Å²) in [5.74, 6) is -0.102. The van der Waals surface area contributed by atoms with Crippen molar-refractivity contribution in [3.63, 3.8) is 0 Å². The Morgan fingerprint density at radius 1 is 1.26 bits per heavy atom. The zero-order chi connectivity index (χ0) is 14.0. The van der Waals surface area contributed by atoms with Crippen LogP contribution in [0.5, 0.6) is 0 Å². The van der Waals surface area contributed by atoms with E-state index in [1.165, 1.54) is 0 Å². The summed E-state index contributed by atoms with van der Waals surface area (Å²) in [6, 6.07) is 5.97. The quantitative estimate of drug-likeness (QED) is 0.918. The Kier molecular flexibility index (Phi) is 3.69. The Bertz CT molecular complexity index is 594. The van der Waals surface area contributed by atoms with Gasteiger partial charge in [0.05, 0.1) is 11.8 Å². The van der Waals surface area contributed by atoms with Gasteiger partial charge in [-0.3, -0.25) is 9.48 Å². The van der Waals surface area contributed by atoms with Crippen LogP contribution in [0.25, 0.3) is 0 Å². The summed E-state index contributed by atoms with van der Waals surface area (Å²) in [4.78, 5) is 12.3. The van der Waals surface area contributed by atoms with Crippen molar-refractivity contribution in [3.8, 4) is 0 Å². The molecule has 0 fully saturated rings. The minimum Gasteiger partial charge on any atom is -0.321 e. The smallest absolute Gasteiger partial charge is 0.259 e. The number of nitrogens with one attached hydrogen (secondary N) is 1. The minimum absolute atomic E-state index is 0.102. The van der Waals surface area contributed by atoms with Crippen LogP contribution in [0.2, 0.25) is 0 Å². The number of nitrogens with zero attached hydrogens (tertiary/aromatic N) is 2. The van der Waals surface area contributed by atoms with E-state index in [4.69, 9.17) is 0 Å². The average Bonchev–Trinajstić information content (AvgIpc) is 2.75. The van der Waals surface area contributed by atoms with Gasteiger partial charge in [0.25, 0.3) is 5.91 Å². The van der Waals surface area contributed by atoms with Crippen LogP contribution in [-0.2, 0) is 6.54 Å². The van der Waals surface area contributed by atoms with E-state index in [1.807, 2.05) is 50.6 Å². The monoisotopic (exact) mass is 257 g/mol. The Hall–Kier alpha value is -2.10. The highest BCUT2D eigenvalue weighted by Gasteiger charge is 2.15. The minimum atomic E-state index is -0.102. The largest absolute Gasteiger partial charge is 0.321 e. The molecule has 0 radical (unpaired) electrons. The van der Waals surface area contributed by atoms with Gasteiger partial charge in [0.15, 0.2) is 0 Å². The van der Waals surface area contributed by atoms with E-state index in [0.717, 1.165) is 29.1 Å². The Morgan fingerprint density at radius 3 is 2.42 bits per heavy atom. The molecule has 1 amide bonds. The third kappa shape index (κ3) is 2.52. The van der Waals surface area contributed by atoms with Gasteiger partial charge in [-0.25, -0.2) is 0 Å². The molecule has 0 unspecified atom stereocenters. The topological polar surface area (TPSA) is 46.9 Å². The lowest BCUT2D eigenvalue weighted by Gasteiger charge is -2.11. The van der Waals surface area contributed by atoms with Crippen LogP contribution in [-0.4, -0.2) is 15.7 Å². The van der Waals surface area contributed by atoms with Crippen LogP contribution in [0.1, 0.15) is 34.1 Å². The van der Waals surface area contributed by atoms with E-state index in [1.54, 1.807) is 6.20 Å². The number of hydrogen-bond acceptors (Lipinski definition) is 2. The molecule has 2 rings (SSSR count). The van der Waals surface area contributed by atoms with Crippen molar-refractivity contribution in [1.82, 2.24) is 9.78 Å². The number of carbonyl (C=O) groups is 1. The molecule has 19 heavy (non-hydrogen) atoms. The van der Waals surface area contributed by atoms with Gasteiger partial charge in [-0.1, -0.05) is 18.2 Å². The van der Waals surface area contributed by atoms with Gasteiger partial charge in [-0.2, -0.15) is 5.10 Å². The number of para-hydroxylation sites is 1. The van der Waals surface area contributed by atoms with Crippen molar-refractivity contribution in [2.45, 2.75) is 34.2 Å². The summed E-state index contributed by atoms with van der Waals surface area (Å²) in [5.41, 5.74) is 4.54. The molecule has 0 saturated carbocycles. The van der Waals surface area contributed by atoms with Crippen LogP contribution in [0.4, 0.5) is 5.69 Å². The van der Waals surface area contributed by atoms with Gasteiger partial charge in [0.1, 0.15) is 0 Å². The van der Waals surface area contributed by atoms with E-state index in [-0.39, 0.29) is 5.91 Å². The van der Waals surface area contributed by atoms with Gasteiger partial charge >= 0.3 is 0 Å². The Morgan fingerprint density at radius 2 is 1.89 bits per heavy atom. The lowest BCUT2D eigenvalue weighted by Crippen LogP contribution is -2.15. The molecule has 0 atom stereocenters. The molecule has 0 bridgehead atoms. The van der Waals surface area contributed by atoms with Crippen LogP contribution in [0.3, 0.4) is 0 Å². The number of amides is 1. The van der Waals surface area contributed by atoms with Gasteiger partial charge in [-0.05, 0) is 38.8 Å². The summed E-state index contributed by atoms with van der Waals surface area (Å²) in [6.45, 7) is 8.67. The lowest BCUT2D eigenvalue weighted by atomic mass is 10.1. The molecule has 0 aliphatic rings. The van der Waals surface area contributed by atoms with E-state index in [9.17, 15) is 4.79 Å².